The number of unbranched alkanes of at least 4 members (excludes halogenated alkanes) is 2. The number of thiophene rings is 1. The summed E-state index contributed by atoms with van der Waals surface area (Å²) in [6.45, 7) is 4.58. The minimum atomic E-state index is -0.467. The zero-order valence-electron chi connectivity index (χ0n) is 15.9. The van der Waals surface area contributed by atoms with E-state index in [0.717, 1.165) is 0 Å². The van der Waals surface area contributed by atoms with Gasteiger partial charge in [0.25, 0.3) is 0 Å². The summed E-state index contributed by atoms with van der Waals surface area (Å²) in [4.78, 5) is 3.20. The largest absolute Gasteiger partial charge is 0.145 e. The van der Waals surface area contributed by atoms with Gasteiger partial charge in [-0.05, 0) is 55.6 Å². The Labute approximate surface area is 164 Å². The van der Waals surface area contributed by atoms with Crippen molar-refractivity contribution in [3.8, 4) is 0 Å². The molecule has 0 saturated carbocycles. The van der Waals surface area contributed by atoms with Gasteiger partial charge in [0.15, 0.2) is 0 Å². The Balaban J connectivity index is 2.06. The van der Waals surface area contributed by atoms with E-state index >= 15 is 0 Å². The van der Waals surface area contributed by atoms with Crippen LogP contribution in [0.5, 0.6) is 0 Å². The third-order valence-corrected chi connectivity index (χ3v) is 8.56. The van der Waals surface area contributed by atoms with Crippen molar-refractivity contribution < 1.29 is 0 Å². The van der Waals surface area contributed by atoms with Crippen LogP contribution in [0.1, 0.15) is 49.3 Å². The van der Waals surface area contributed by atoms with E-state index in [1.165, 1.54) is 49.1 Å². The SMILES string of the molecule is CCCCc1cc(P(c2ccccc2)c2ccccc2)c(CCCC)s1. The lowest BCUT2D eigenvalue weighted by molar-refractivity contribution is 0.803. The number of rotatable bonds is 9. The molecule has 0 spiro atoms. The fourth-order valence-corrected chi connectivity index (χ4v) is 7.32. The molecule has 3 aromatic rings. The van der Waals surface area contributed by atoms with E-state index in [-0.39, 0.29) is 0 Å². The van der Waals surface area contributed by atoms with Crippen LogP contribution in [0.4, 0.5) is 0 Å². The molecule has 2 aromatic carbocycles. The van der Waals surface area contributed by atoms with Gasteiger partial charge in [-0.2, -0.15) is 0 Å². The molecule has 0 fully saturated rings. The molecule has 0 nitrogen and oxygen atoms in total. The maximum atomic E-state index is 2.54. The standard InChI is InChI=1S/C24H29PS/c1-3-5-17-22-19-23(24(26-22)18-6-4-2)25(20-13-9-7-10-14-20)21-15-11-8-12-16-21/h7-16,19H,3-6,17-18H2,1-2H3. The van der Waals surface area contributed by atoms with E-state index in [1.54, 1.807) is 15.1 Å². The summed E-state index contributed by atoms with van der Waals surface area (Å²) in [5.74, 6) is 0. The normalized spacial score (nSPS) is 11.2. The average Bonchev–Trinajstić information content (AvgIpc) is 3.09. The molecule has 136 valence electrons. The quantitative estimate of drug-likeness (QED) is 0.388. The molecule has 3 rings (SSSR count). The topological polar surface area (TPSA) is 0 Å². The first-order valence-corrected chi connectivity index (χ1v) is 12.0. The Morgan fingerprint density at radius 3 is 1.81 bits per heavy atom. The van der Waals surface area contributed by atoms with Crippen molar-refractivity contribution in [2.24, 2.45) is 0 Å². The molecule has 0 amide bonds. The van der Waals surface area contributed by atoms with E-state index in [2.05, 4.69) is 91.9 Å². The molecular formula is C24H29PS. The lowest BCUT2D eigenvalue weighted by Gasteiger charge is -2.19. The van der Waals surface area contributed by atoms with Gasteiger partial charge in [0.2, 0.25) is 0 Å². The van der Waals surface area contributed by atoms with Crippen molar-refractivity contribution in [1.29, 1.82) is 0 Å². The van der Waals surface area contributed by atoms with Crippen LogP contribution < -0.4 is 15.9 Å². The van der Waals surface area contributed by atoms with Gasteiger partial charge >= 0.3 is 0 Å². The van der Waals surface area contributed by atoms with Gasteiger partial charge in [-0.1, -0.05) is 87.4 Å². The molecule has 26 heavy (non-hydrogen) atoms. The van der Waals surface area contributed by atoms with Crippen molar-refractivity contribution in [1.82, 2.24) is 0 Å². The lowest BCUT2D eigenvalue weighted by Crippen LogP contribution is -2.21. The first-order chi connectivity index (χ1) is 12.8. The number of benzene rings is 2. The molecule has 2 heteroatoms. The van der Waals surface area contributed by atoms with Gasteiger partial charge in [-0.25, -0.2) is 0 Å². The highest BCUT2D eigenvalue weighted by Crippen LogP contribution is 2.37. The summed E-state index contributed by atoms with van der Waals surface area (Å²) in [6.07, 6.45) is 7.56. The smallest absolute Gasteiger partial charge is 0.0132 e. The molecule has 0 aliphatic heterocycles. The van der Waals surface area contributed by atoms with Gasteiger partial charge in [0.05, 0.1) is 0 Å². The lowest BCUT2D eigenvalue weighted by atomic mass is 10.2. The van der Waals surface area contributed by atoms with Crippen LogP contribution in [0.25, 0.3) is 0 Å². The van der Waals surface area contributed by atoms with Crippen LogP contribution in [-0.4, -0.2) is 0 Å². The van der Waals surface area contributed by atoms with Gasteiger partial charge in [-0.15, -0.1) is 11.3 Å². The van der Waals surface area contributed by atoms with Gasteiger partial charge in [0, 0.05) is 9.75 Å². The fourth-order valence-electron chi connectivity index (χ4n) is 3.23. The van der Waals surface area contributed by atoms with Gasteiger partial charge < -0.3 is 0 Å². The first kappa shape index (κ1) is 19.3. The van der Waals surface area contributed by atoms with Crippen LogP contribution in [0, 0.1) is 0 Å². The zero-order valence-corrected chi connectivity index (χ0v) is 17.7. The molecule has 1 heterocycles. The van der Waals surface area contributed by atoms with Gasteiger partial charge in [0.1, 0.15) is 0 Å². The molecule has 0 N–H and O–H groups in total. The summed E-state index contributed by atoms with van der Waals surface area (Å²) in [6, 6.07) is 24.8. The summed E-state index contributed by atoms with van der Waals surface area (Å²) in [5.41, 5.74) is 0. The summed E-state index contributed by atoms with van der Waals surface area (Å²) in [5, 5.41) is 4.53. The minimum Gasteiger partial charge on any atom is -0.145 e. The second-order valence-corrected chi connectivity index (χ2v) is 10.1. The molecular weight excluding hydrogens is 351 g/mol. The van der Waals surface area contributed by atoms with Crippen LogP contribution in [0.2, 0.25) is 0 Å². The third-order valence-electron chi connectivity index (χ3n) is 4.64. The molecule has 0 atom stereocenters. The van der Waals surface area contributed by atoms with E-state index in [4.69, 9.17) is 0 Å². The van der Waals surface area contributed by atoms with Crippen molar-refractivity contribution in [3.05, 3.63) is 76.5 Å². The van der Waals surface area contributed by atoms with E-state index in [9.17, 15) is 0 Å². The van der Waals surface area contributed by atoms with Crippen LogP contribution in [0.15, 0.2) is 66.7 Å². The van der Waals surface area contributed by atoms with Gasteiger partial charge in [-0.3, -0.25) is 0 Å². The Morgan fingerprint density at radius 2 is 1.27 bits per heavy atom. The zero-order chi connectivity index (χ0) is 18.2. The maximum Gasteiger partial charge on any atom is 0.0132 e. The highest BCUT2D eigenvalue weighted by molar-refractivity contribution is 7.80. The number of hydrogen-bond donors (Lipinski definition) is 0. The predicted octanol–water partition coefficient (Wildman–Crippen LogP) is 6.19. The average molecular weight is 381 g/mol. The Morgan fingerprint density at radius 1 is 0.731 bits per heavy atom. The highest BCUT2D eigenvalue weighted by atomic mass is 32.1. The molecule has 0 aliphatic carbocycles. The second kappa shape index (κ2) is 10.0. The molecule has 0 saturated heterocycles. The molecule has 0 unspecified atom stereocenters. The van der Waals surface area contributed by atoms with Crippen molar-refractivity contribution >= 4 is 35.2 Å². The molecule has 1 aromatic heterocycles. The van der Waals surface area contributed by atoms with E-state index < -0.39 is 7.92 Å². The van der Waals surface area contributed by atoms with E-state index in [1.807, 2.05) is 0 Å². The van der Waals surface area contributed by atoms with Crippen molar-refractivity contribution in [2.45, 2.75) is 52.4 Å². The van der Waals surface area contributed by atoms with Crippen LogP contribution in [-0.2, 0) is 12.8 Å². The summed E-state index contributed by atoms with van der Waals surface area (Å²) >= 11 is 2.07. The van der Waals surface area contributed by atoms with Crippen LogP contribution >= 0.6 is 19.3 Å². The predicted molar refractivity (Wildman–Crippen MR) is 120 cm³/mol. The summed E-state index contributed by atoms with van der Waals surface area (Å²) < 4.78 is 0. The first-order valence-electron chi connectivity index (χ1n) is 9.85. The number of aryl methyl sites for hydroxylation is 2. The minimum absolute atomic E-state index is 0.467. The monoisotopic (exact) mass is 380 g/mol. The molecule has 0 bridgehead atoms. The fraction of sp³-hybridized carbons (Fsp3) is 0.333. The highest BCUT2D eigenvalue weighted by Gasteiger charge is 2.21. The van der Waals surface area contributed by atoms with Crippen LogP contribution in [0.3, 0.4) is 0 Å². The Bertz CT molecular complexity index is 737. The Hall–Kier alpha value is -1.43. The second-order valence-electron chi connectivity index (χ2n) is 6.73. The molecule has 0 aliphatic rings. The number of hydrogen-bond acceptors (Lipinski definition) is 1. The van der Waals surface area contributed by atoms with Crippen molar-refractivity contribution in [3.63, 3.8) is 0 Å². The molecule has 0 radical (unpaired) electrons. The Kier molecular flexibility index (Phi) is 7.47. The summed E-state index contributed by atoms with van der Waals surface area (Å²) in [7, 11) is -0.467. The third kappa shape index (κ3) is 4.84. The van der Waals surface area contributed by atoms with E-state index in [0.29, 0.717) is 0 Å². The maximum absolute atomic E-state index is 2.54. The van der Waals surface area contributed by atoms with Crippen molar-refractivity contribution in [2.75, 3.05) is 0 Å².